The zero-order valence-electron chi connectivity index (χ0n) is 15.6. The molecule has 1 aliphatic carbocycles. The highest BCUT2D eigenvalue weighted by Crippen LogP contribution is 2.51. The van der Waals surface area contributed by atoms with Crippen LogP contribution < -0.4 is 0 Å². The Kier molecular flexibility index (Phi) is 5.00. The summed E-state index contributed by atoms with van der Waals surface area (Å²) in [6.45, 7) is 4.95. The summed E-state index contributed by atoms with van der Waals surface area (Å²) in [6.07, 6.45) is 0.747. The van der Waals surface area contributed by atoms with Crippen molar-refractivity contribution in [1.82, 2.24) is 0 Å². The topological polar surface area (TPSA) is 99.4 Å². The van der Waals surface area contributed by atoms with Gasteiger partial charge in [0.1, 0.15) is 23.1 Å². The predicted octanol–water partition coefficient (Wildman–Crippen LogP) is 2.38. The van der Waals surface area contributed by atoms with Gasteiger partial charge >= 0.3 is 0 Å². The van der Waals surface area contributed by atoms with Crippen LogP contribution in [-0.4, -0.2) is 55.7 Å². The van der Waals surface area contributed by atoms with Gasteiger partial charge in [0.2, 0.25) is 5.79 Å². The lowest BCUT2D eigenvalue weighted by molar-refractivity contribution is -0.421. The van der Waals surface area contributed by atoms with E-state index in [1.807, 2.05) is 18.2 Å². The van der Waals surface area contributed by atoms with E-state index in [0.29, 0.717) is 27.2 Å². The Morgan fingerprint density at radius 2 is 1.85 bits per heavy atom. The summed E-state index contributed by atoms with van der Waals surface area (Å²) < 4.78 is 12.7. The van der Waals surface area contributed by atoms with Crippen molar-refractivity contribution in [2.24, 2.45) is 0 Å². The normalized spacial score (nSPS) is 41.3. The van der Waals surface area contributed by atoms with Crippen LogP contribution >= 0.6 is 27.5 Å². The number of fused-ring (bicyclic) bond motifs is 1. The molecule has 6 nitrogen and oxygen atoms in total. The molecule has 2 aliphatic rings. The Hall–Kier alpha value is -0.670. The SMILES string of the molecule is CC1(OC2=CCc3ccc(Br)c(Cl)c32)OC(C)(CO)[C@](C)(O)[C@H](O)[C@]1(C)O. The Labute approximate surface area is 171 Å². The number of halogens is 2. The first kappa shape index (κ1) is 21.0. The van der Waals surface area contributed by atoms with Crippen LogP contribution in [0.3, 0.4) is 0 Å². The molecule has 0 aromatic heterocycles. The van der Waals surface area contributed by atoms with Gasteiger partial charge in [-0.3, -0.25) is 0 Å². The Balaban J connectivity index is 2.04. The molecule has 8 heteroatoms. The van der Waals surface area contributed by atoms with Crippen molar-refractivity contribution in [3.05, 3.63) is 38.8 Å². The standard InChI is InChI=1S/C19H24BrClO6/c1-16(9-22)17(2,24)15(23)18(3,25)19(4,27-16)26-12-8-6-10-5-7-11(20)14(21)13(10)12/h5,7-8,15,22-25H,6,9H2,1-4H3/t15-,16?,17+,18-,19?/m0/s1. The third kappa shape index (κ3) is 2.87. The Morgan fingerprint density at radius 3 is 2.44 bits per heavy atom. The van der Waals surface area contributed by atoms with Crippen molar-refractivity contribution in [2.75, 3.05) is 6.61 Å². The zero-order chi connectivity index (χ0) is 20.4. The monoisotopic (exact) mass is 462 g/mol. The van der Waals surface area contributed by atoms with Crippen LogP contribution in [0.1, 0.15) is 38.8 Å². The highest BCUT2D eigenvalue weighted by molar-refractivity contribution is 9.10. The first-order valence-electron chi connectivity index (χ1n) is 8.61. The van der Waals surface area contributed by atoms with Crippen LogP contribution in [0.15, 0.2) is 22.7 Å². The van der Waals surface area contributed by atoms with Crippen molar-refractivity contribution in [3.63, 3.8) is 0 Å². The summed E-state index contributed by atoms with van der Waals surface area (Å²) >= 11 is 9.81. The zero-order valence-corrected chi connectivity index (χ0v) is 17.9. The third-order valence-electron chi connectivity index (χ3n) is 6.02. The third-order valence-corrected chi connectivity index (χ3v) is 7.30. The second-order valence-electron chi connectivity index (χ2n) is 7.90. The molecule has 0 radical (unpaired) electrons. The first-order valence-corrected chi connectivity index (χ1v) is 9.78. The number of aliphatic hydroxyl groups excluding tert-OH is 2. The Bertz CT molecular complexity index is 808. The van der Waals surface area contributed by atoms with Gasteiger partial charge in [0.15, 0.2) is 5.60 Å². The van der Waals surface area contributed by atoms with E-state index in [2.05, 4.69) is 15.9 Å². The molecule has 27 heavy (non-hydrogen) atoms. The van der Waals surface area contributed by atoms with E-state index < -0.39 is 35.3 Å². The van der Waals surface area contributed by atoms with E-state index in [9.17, 15) is 20.4 Å². The van der Waals surface area contributed by atoms with Crippen molar-refractivity contribution < 1.29 is 29.9 Å². The molecule has 4 N–H and O–H groups in total. The summed E-state index contributed by atoms with van der Waals surface area (Å²) in [6, 6.07) is 3.76. The van der Waals surface area contributed by atoms with Crippen molar-refractivity contribution in [1.29, 1.82) is 0 Å². The second kappa shape index (κ2) is 6.42. The number of ether oxygens (including phenoxy) is 2. The average molecular weight is 464 g/mol. The molecular formula is C19H24BrClO6. The molecule has 3 rings (SSSR count). The summed E-state index contributed by atoms with van der Waals surface area (Å²) in [5.41, 5.74) is -3.87. The van der Waals surface area contributed by atoms with Gasteiger partial charge in [-0.15, -0.1) is 0 Å². The van der Waals surface area contributed by atoms with E-state index in [4.69, 9.17) is 21.1 Å². The molecule has 1 aliphatic heterocycles. The summed E-state index contributed by atoms with van der Waals surface area (Å²) in [5, 5.41) is 42.8. The average Bonchev–Trinajstić information content (AvgIpc) is 2.99. The van der Waals surface area contributed by atoms with E-state index >= 15 is 0 Å². The molecule has 0 spiro atoms. The quantitative estimate of drug-likeness (QED) is 0.549. The predicted molar refractivity (Wildman–Crippen MR) is 104 cm³/mol. The number of rotatable bonds is 3. The second-order valence-corrected chi connectivity index (χ2v) is 9.14. The van der Waals surface area contributed by atoms with Crippen LogP contribution in [0.25, 0.3) is 5.76 Å². The number of hydrogen-bond acceptors (Lipinski definition) is 6. The van der Waals surface area contributed by atoms with Crippen molar-refractivity contribution in [2.45, 2.75) is 62.8 Å². The molecule has 1 heterocycles. The van der Waals surface area contributed by atoms with E-state index in [0.717, 1.165) is 5.56 Å². The fourth-order valence-corrected chi connectivity index (χ4v) is 4.28. The maximum absolute atomic E-state index is 11.0. The van der Waals surface area contributed by atoms with E-state index in [1.165, 1.54) is 27.7 Å². The number of hydrogen-bond donors (Lipinski definition) is 4. The molecule has 0 saturated carbocycles. The number of aliphatic hydroxyl groups is 4. The molecule has 1 aromatic rings. The highest BCUT2D eigenvalue weighted by Gasteiger charge is 2.69. The van der Waals surface area contributed by atoms with Gasteiger partial charge in [0.05, 0.1) is 11.6 Å². The fraction of sp³-hybridized carbons (Fsp3) is 0.579. The van der Waals surface area contributed by atoms with Gasteiger partial charge in [-0.05, 0) is 60.8 Å². The summed E-state index contributed by atoms with van der Waals surface area (Å²) in [4.78, 5) is 0. The van der Waals surface area contributed by atoms with Gasteiger partial charge in [-0.25, -0.2) is 0 Å². The van der Waals surface area contributed by atoms with Crippen molar-refractivity contribution in [3.8, 4) is 0 Å². The van der Waals surface area contributed by atoms with Gasteiger partial charge in [-0.1, -0.05) is 17.7 Å². The summed E-state index contributed by atoms with van der Waals surface area (Å²) in [5.74, 6) is -1.38. The lowest BCUT2D eigenvalue weighted by atomic mass is 9.69. The summed E-state index contributed by atoms with van der Waals surface area (Å²) in [7, 11) is 0. The molecule has 0 bridgehead atoms. The minimum Gasteiger partial charge on any atom is -0.459 e. The molecular weight excluding hydrogens is 440 g/mol. The molecule has 0 amide bonds. The fourth-order valence-electron chi connectivity index (χ4n) is 3.67. The van der Waals surface area contributed by atoms with Crippen LogP contribution in [0.5, 0.6) is 0 Å². The van der Waals surface area contributed by atoms with Crippen LogP contribution in [0.2, 0.25) is 5.02 Å². The van der Waals surface area contributed by atoms with Crippen LogP contribution in [0.4, 0.5) is 0 Å². The molecule has 2 unspecified atom stereocenters. The van der Waals surface area contributed by atoms with Crippen molar-refractivity contribution >= 4 is 33.3 Å². The van der Waals surface area contributed by atoms with E-state index in [1.54, 1.807) is 0 Å². The number of allylic oxidation sites excluding steroid dienone is 1. The highest BCUT2D eigenvalue weighted by atomic mass is 79.9. The van der Waals surface area contributed by atoms with Crippen LogP contribution in [0, 0.1) is 0 Å². The molecule has 150 valence electrons. The van der Waals surface area contributed by atoms with Gasteiger partial charge in [-0.2, -0.15) is 0 Å². The molecule has 5 atom stereocenters. The molecule has 1 fully saturated rings. The lowest BCUT2D eigenvalue weighted by Crippen LogP contribution is -2.79. The molecule has 1 aromatic carbocycles. The Morgan fingerprint density at radius 1 is 1.22 bits per heavy atom. The molecule has 1 saturated heterocycles. The maximum atomic E-state index is 11.0. The first-order chi connectivity index (χ1) is 12.3. The van der Waals surface area contributed by atoms with E-state index in [-0.39, 0.29) is 0 Å². The van der Waals surface area contributed by atoms with Gasteiger partial charge in [0, 0.05) is 17.0 Å². The number of benzene rings is 1. The smallest absolute Gasteiger partial charge is 0.239 e. The minimum absolute atomic E-state index is 0.396. The maximum Gasteiger partial charge on any atom is 0.239 e. The lowest BCUT2D eigenvalue weighted by Gasteiger charge is -2.60. The minimum atomic E-state index is -1.99. The van der Waals surface area contributed by atoms with Gasteiger partial charge < -0.3 is 29.9 Å². The van der Waals surface area contributed by atoms with Gasteiger partial charge in [0.25, 0.3) is 0 Å². The largest absolute Gasteiger partial charge is 0.459 e. The van der Waals surface area contributed by atoms with Crippen LogP contribution in [-0.2, 0) is 15.9 Å².